The van der Waals surface area contributed by atoms with Gasteiger partial charge in [-0.3, -0.25) is 4.79 Å². The number of hydrogen-bond acceptors (Lipinski definition) is 3. The summed E-state index contributed by atoms with van der Waals surface area (Å²) in [6, 6.07) is 0. The van der Waals surface area contributed by atoms with E-state index in [1.807, 2.05) is 6.92 Å². The highest BCUT2D eigenvalue weighted by atomic mass is 35.5. The van der Waals surface area contributed by atoms with Gasteiger partial charge < -0.3 is 10.5 Å². The maximum atomic E-state index is 11.5. The van der Waals surface area contributed by atoms with Crippen LogP contribution >= 0.6 is 12.4 Å². The van der Waals surface area contributed by atoms with Crippen LogP contribution in [0.4, 0.5) is 0 Å². The second-order valence-electron chi connectivity index (χ2n) is 3.64. The Kier molecular flexibility index (Phi) is 6.93. The molecule has 84 valence electrons. The summed E-state index contributed by atoms with van der Waals surface area (Å²) in [6.45, 7) is 2.94. The predicted octanol–water partition coefficient (Wildman–Crippen LogP) is 1.74. The SMILES string of the molecule is CCOC(=O)C1CCCCC1CN.Cl. The summed E-state index contributed by atoms with van der Waals surface area (Å²) in [6.07, 6.45) is 4.39. The van der Waals surface area contributed by atoms with Crippen molar-refractivity contribution in [3.63, 3.8) is 0 Å². The number of nitrogens with two attached hydrogens (primary N) is 1. The van der Waals surface area contributed by atoms with Gasteiger partial charge in [0.1, 0.15) is 0 Å². The molecule has 1 fully saturated rings. The molecule has 0 aromatic heterocycles. The third kappa shape index (κ3) is 3.46. The van der Waals surface area contributed by atoms with Crippen molar-refractivity contribution in [2.45, 2.75) is 32.6 Å². The monoisotopic (exact) mass is 221 g/mol. The summed E-state index contributed by atoms with van der Waals surface area (Å²) >= 11 is 0. The van der Waals surface area contributed by atoms with Crippen molar-refractivity contribution >= 4 is 18.4 Å². The Bertz CT molecular complexity index is 176. The highest BCUT2D eigenvalue weighted by Gasteiger charge is 2.30. The first-order chi connectivity index (χ1) is 6.29. The van der Waals surface area contributed by atoms with E-state index in [0.29, 0.717) is 19.1 Å². The molecule has 0 aromatic carbocycles. The van der Waals surface area contributed by atoms with Crippen LogP contribution in [0.25, 0.3) is 0 Å². The van der Waals surface area contributed by atoms with Crippen LogP contribution in [0.15, 0.2) is 0 Å². The molecular weight excluding hydrogens is 202 g/mol. The molecule has 0 aliphatic heterocycles. The predicted molar refractivity (Wildman–Crippen MR) is 58.4 cm³/mol. The van der Waals surface area contributed by atoms with E-state index in [9.17, 15) is 4.79 Å². The van der Waals surface area contributed by atoms with Gasteiger partial charge in [-0.05, 0) is 32.2 Å². The fourth-order valence-electron chi connectivity index (χ4n) is 2.05. The van der Waals surface area contributed by atoms with E-state index >= 15 is 0 Å². The topological polar surface area (TPSA) is 52.3 Å². The molecule has 1 aliphatic rings. The Hall–Kier alpha value is -0.280. The van der Waals surface area contributed by atoms with Gasteiger partial charge in [0.15, 0.2) is 0 Å². The Morgan fingerprint density at radius 1 is 1.43 bits per heavy atom. The van der Waals surface area contributed by atoms with E-state index in [1.54, 1.807) is 0 Å². The fraction of sp³-hybridized carbons (Fsp3) is 0.900. The van der Waals surface area contributed by atoms with Crippen LogP contribution in [0.2, 0.25) is 0 Å². The number of esters is 1. The first-order valence-electron chi connectivity index (χ1n) is 5.16. The first kappa shape index (κ1) is 13.7. The molecule has 0 bridgehead atoms. The van der Waals surface area contributed by atoms with Gasteiger partial charge >= 0.3 is 5.97 Å². The molecule has 0 radical (unpaired) electrons. The van der Waals surface area contributed by atoms with Gasteiger partial charge in [0.2, 0.25) is 0 Å². The van der Waals surface area contributed by atoms with Crippen LogP contribution in [0.3, 0.4) is 0 Å². The van der Waals surface area contributed by atoms with E-state index in [1.165, 1.54) is 6.42 Å². The lowest BCUT2D eigenvalue weighted by Gasteiger charge is -2.28. The van der Waals surface area contributed by atoms with Crippen LogP contribution in [0, 0.1) is 11.8 Å². The van der Waals surface area contributed by atoms with Crippen molar-refractivity contribution in [1.82, 2.24) is 0 Å². The fourth-order valence-corrected chi connectivity index (χ4v) is 2.05. The molecule has 0 saturated heterocycles. The number of halogens is 1. The average Bonchev–Trinajstić information content (AvgIpc) is 2.18. The van der Waals surface area contributed by atoms with Crippen LogP contribution in [0.1, 0.15) is 32.6 Å². The lowest BCUT2D eigenvalue weighted by molar-refractivity contribution is -0.151. The Labute approximate surface area is 91.8 Å². The van der Waals surface area contributed by atoms with Gasteiger partial charge in [-0.2, -0.15) is 0 Å². The van der Waals surface area contributed by atoms with Crippen molar-refractivity contribution in [2.75, 3.05) is 13.2 Å². The number of carbonyl (C=O) groups is 1. The van der Waals surface area contributed by atoms with Crippen LogP contribution in [-0.4, -0.2) is 19.1 Å². The van der Waals surface area contributed by atoms with E-state index in [-0.39, 0.29) is 24.3 Å². The number of rotatable bonds is 3. The molecule has 0 spiro atoms. The maximum Gasteiger partial charge on any atom is 0.309 e. The van der Waals surface area contributed by atoms with Crippen LogP contribution in [-0.2, 0) is 9.53 Å². The Morgan fingerprint density at radius 2 is 2.07 bits per heavy atom. The molecule has 4 heteroatoms. The summed E-state index contributed by atoms with van der Waals surface area (Å²) < 4.78 is 5.02. The van der Waals surface area contributed by atoms with Crippen molar-refractivity contribution in [3.05, 3.63) is 0 Å². The van der Waals surface area contributed by atoms with Gasteiger partial charge in [-0.25, -0.2) is 0 Å². The number of hydrogen-bond donors (Lipinski definition) is 1. The molecule has 2 unspecified atom stereocenters. The quantitative estimate of drug-likeness (QED) is 0.739. The largest absolute Gasteiger partial charge is 0.466 e. The average molecular weight is 222 g/mol. The summed E-state index contributed by atoms with van der Waals surface area (Å²) in [5.41, 5.74) is 5.62. The maximum absolute atomic E-state index is 11.5. The minimum Gasteiger partial charge on any atom is -0.466 e. The van der Waals surface area contributed by atoms with Crippen molar-refractivity contribution in [2.24, 2.45) is 17.6 Å². The van der Waals surface area contributed by atoms with E-state index in [2.05, 4.69) is 0 Å². The zero-order chi connectivity index (χ0) is 9.68. The van der Waals surface area contributed by atoms with Gasteiger partial charge in [0.05, 0.1) is 12.5 Å². The van der Waals surface area contributed by atoms with Crippen molar-refractivity contribution in [3.8, 4) is 0 Å². The third-order valence-electron chi connectivity index (χ3n) is 2.80. The highest BCUT2D eigenvalue weighted by Crippen LogP contribution is 2.30. The van der Waals surface area contributed by atoms with Gasteiger partial charge in [0, 0.05) is 0 Å². The highest BCUT2D eigenvalue weighted by molar-refractivity contribution is 5.85. The Morgan fingerprint density at radius 3 is 2.64 bits per heavy atom. The summed E-state index contributed by atoms with van der Waals surface area (Å²) in [4.78, 5) is 11.5. The molecule has 14 heavy (non-hydrogen) atoms. The smallest absolute Gasteiger partial charge is 0.309 e. The molecule has 2 N–H and O–H groups in total. The van der Waals surface area contributed by atoms with E-state index in [0.717, 1.165) is 19.3 Å². The van der Waals surface area contributed by atoms with Crippen molar-refractivity contribution in [1.29, 1.82) is 0 Å². The van der Waals surface area contributed by atoms with Gasteiger partial charge in [-0.1, -0.05) is 12.8 Å². The zero-order valence-corrected chi connectivity index (χ0v) is 9.52. The molecule has 0 amide bonds. The lowest BCUT2D eigenvalue weighted by Crippen LogP contribution is -2.33. The molecule has 1 rings (SSSR count). The minimum atomic E-state index is -0.0438. The van der Waals surface area contributed by atoms with Gasteiger partial charge in [-0.15, -0.1) is 12.4 Å². The third-order valence-corrected chi connectivity index (χ3v) is 2.80. The summed E-state index contributed by atoms with van der Waals surface area (Å²) in [7, 11) is 0. The van der Waals surface area contributed by atoms with E-state index in [4.69, 9.17) is 10.5 Å². The minimum absolute atomic E-state index is 0. The molecular formula is C10H20ClNO2. The number of carbonyl (C=O) groups excluding carboxylic acids is 1. The standard InChI is InChI=1S/C10H19NO2.ClH/c1-2-13-10(12)9-6-4-3-5-8(9)7-11;/h8-9H,2-7,11H2,1H3;1H. The van der Waals surface area contributed by atoms with Crippen molar-refractivity contribution < 1.29 is 9.53 Å². The zero-order valence-electron chi connectivity index (χ0n) is 8.70. The second kappa shape index (κ2) is 7.07. The molecule has 0 heterocycles. The molecule has 1 saturated carbocycles. The Balaban J connectivity index is 0.00000169. The normalized spacial score (nSPS) is 26.4. The first-order valence-corrected chi connectivity index (χ1v) is 5.16. The molecule has 0 aromatic rings. The van der Waals surface area contributed by atoms with Crippen LogP contribution in [0.5, 0.6) is 0 Å². The second-order valence-corrected chi connectivity index (χ2v) is 3.64. The summed E-state index contributed by atoms with van der Waals surface area (Å²) in [5, 5.41) is 0. The number of ether oxygens (including phenoxy) is 1. The van der Waals surface area contributed by atoms with E-state index < -0.39 is 0 Å². The lowest BCUT2D eigenvalue weighted by atomic mass is 9.79. The van der Waals surface area contributed by atoms with Crippen LogP contribution < -0.4 is 5.73 Å². The molecule has 2 atom stereocenters. The van der Waals surface area contributed by atoms with Gasteiger partial charge in [0.25, 0.3) is 0 Å². The molecule has 1 aliphatic carbocycles. The molecule has 3 nitrogen and oxygen atoms in total. The summed E-state index contributed by atoms with van der Waals surface area (Å²) in [5.74, 6) is 0.379.